The van der Waals surface area contributed by atoms with Gasteiger partial charge in [0, 0.05) is 24.0 Å². The van der Waals surface area contributed by atoms with E-state index in [9.17, 15) is 9.59 Å². The number of nitrogens with one attached hydrogen (secondary N) is 1. The van der Waals surface area contributed by atoms with Gasteiger partial charge in [-0.05, 0) is 69.2 Å². The van der Waals surface area contributed by atoms with Crippen LogP contribution < -0.4 is 10.1 Å². The van der Waals surface area contributed by atoms with E-state index < -0.39 is 6.04 Å². The molecule has 1 unspecified atom stereocenters. The Kier molecular flexibility index (Phi) is 11.2. The van der Waals surface area contributed by atoms with E-state index in [1.807, 2.05) is 86.6 Å². The Morgan fingerprint density at radius 1 is 0.919 bits per heavy atom. The molecular formula is C30H34Br2N2O3. The zero-order valence-corrected chi connectivity index (χ0v) is 24.7. The van der Waals surface area contributed by atoms with Crippen LogP contribution in [-0.4, -0.2) is 35.9 Å². The maximum Gasteiger partial charge on any atom is 0.261 e. The Bertz CT molecular complexity index is 1180. The van der Waals surface area contributed by atoms with Crippen molar-refractivity contribution < 1.29 is 14.3 Å². The Balaban J connectivity index is 1.90. The number of benzene rings is 3. The normalized spacial score (nSPS) is 11.7. The molecule has 2 amide bonds. The molecule has 0 radical (unpaired) electrons. The average Bonchev–Trinajstić information content (AvgIpc) is 2.89. The van der Waals surface area contributed by atoms with Crippen LogP contribution in [0.4, 0.5) is 0 Å². The third kappa shape index (κ3) is 9.00. The first-order chi connectivity index (χ1) is 17.8. The average molecular weight is 630 g/mol. The quantitative estimate of drug-likeness (QED) is 0.247. The van der Waals surface area contributed by atoms with Gasteiger partial charge in [0.25, 0.3) is 5.91 Å². The summed E-state index contributed by atoms with van der Waals surface area (Å²) in [6.07, 6.45) is 1.31. The molecule has 3 rings (SSSR count). The molecule has 37 heavy (non-hydrogen) atoms. The molecule has 7 heteroatoms. The van der Waals surface area contributed by atoms with Crippen LogP contribution in [0.2, 0.25) is 0 Å². The van der Waals surface area contributed by atoms with E-state index in [-0.39, 0.29) is 25.0 Å². The van der Waals surface area contributed by atoms with E-state index in [2.05, 4.69) is 44.1 Å². The second-order valence-corrected chi connectivity index (χ2v) is 11.2. The molecule has 0 fully saturated rings. The molecule has 5 nitrogen and oxygen atoms in total. The summed E-state index contributed by atoms with van der Waals surface area (Å²) < 4.78 is 7.65. The molecule has 3 aromatic carbocycles. The summed E-state index contributed by atoms with van der Waals surface area (Å²) in [7, 11) is 0. The second-order valence-electron chi connectivity index (χ2n) is 9.40. The first-order valence-corrected chi connectivity index (χ1v) is 14.1. The highest BCUT2D eigenvalue weighted by molar-refractivity contribution is 9.10. The molecule has 0 saturated heterocycles. The molecular weight excluding hydrogens is 596 g/mol. The van der Waals surface area contributed by atoms with Crippen molar-refractivity contribution in [2.24, 2.45) is 5.92 Å². The van der Waals surface area contributed by atoms with E-state index in [0.29, 0.717) is 24.6 Å². The van der Waals surface area contributed by atoms with Crippen LogP contribution in [0.5, 0.6) is 5.75 Å². The van der Waals surface area contributed by atoms with Gasteiger partial charge >= 0.3 is 0 Å². The van der Waals surface area contributed by atoms with Crippen molar-refractivity contribution in [3.05, 3.63) is 98.4 Å². The molecule has 1 atom stereocenters. The number of hydrogen-bond donors (Lipinski definition) is 1. The highest BCUT2D eigenvalue weighted by Crippen LogP contribution is 2.26. The first kappa shape index (κ1) is 28.9. The summed E-state index contributed by atoms with van der Waals surface area (Å²) in [4.78, 5) is 28.8. The fraction of sp³-hybridized carbons (Fsp3) is 0.333. The van der Waals surface area contributed by atoms with Gasteiger partial charge in [-0.3, -0.25) is 9.59 Å². The second kappa shape index (κ2) is 14.3. The molecule has 0 aromatic heterocycles. The zero-order chi connectivity index (χ0) is 26.8. The van der Waals surface area contributed by atoms with Crippen LogP contribution >= 0.6 is 31.9 Å². The summed E-state index contributed by atoms with van der Waals surface area (Å²) >= 11 is 7.07. The summed E-state index contributed by atoms with van der Waals surface area (Å²) in [6, 6.07) is 22.7. The van der Waals surface area contributed by atoms with Crippen molar-refractivity contribution in [1.82, 2.24) is 10.2 Å². The minimum atomic E-state index is -0.692. The molecule has 0 heterocycles. The number of carbonyl (C=O) groups excluding carboxylic acids is 2. The lowest BCUT2D eigenvalue weighted by atomic mass is 10.0. The van der Waals surface area contributed by atoms with E-state index >= 15 is 0 Å². The highest BCUT2D eigenvalue weighted by atomic mass is 79.9. The number of nitrogens with zero attached hydrogens (tertiary/aromatic N) is 1. The van der Waals surface area contributed by atoms with E-state index in [0.717, 1.165) is 26.5 Å². The molecule has 1 N–H and O–H groups in total. The number of halogens is 2. The van der Waals surface area contributed by atoms with Gasteiger partial charge in [-0.2, -0.15) is 0 Å². The maximum absolute atomic E-state index is 13.7. The number of ether oxygens (including phenoxy) is 1. The lowest BCUT2D eigenvalue weighted by Crippen LogP contribution is -2.52. The Morgan fingerprint density at radius 3 is 2.30 bits per heavy atom. The van der Waals surface area contributed by atoms with Crippen molar-refractivity contribution in [3.63, 3.8) is 0 Å². The molecule has 0 spiro atoms. The molecule has 0 bridgehead atoms. The highest BCUT2D eigenvalue weighted by Gasteiger charge is 2.31. The smallest absolute Gasteiger partial charge is 0.261 e. The lowest BCUT2D eigenvalue weighted by Gasteiger charge is -2.32. The van der Waals surface area contributed by atoms with Gasteiger partial charge in [0.2, 0.25) is 5.91 Å². The minimum absolute atomic E-state index is 0.172. The standard InChI is InChI=1S/C30H34Br2N2O3/c1-4-22-13-14-28(26(32)16-22)37-20-29(35)34(19-24-11-8-12-25(31)15-24)27(30(36)33-18-21(2)3)17-23-9-6-5-7-10-23/h5-16,21,27H,4,17-20H2,1-3H3,(H,33,36). The van der Waals surface area contributed by atoms with Gasteiger partial charge in [0.05, 0.1) is 4.47 Å². The molecule has 0 aliphatic carbocycles. The van der Waals surface area contributed by atoms with Crippen LogP contribution in [0.15, 0.2) is 81.7 Å². The minimum Gasteiger partial charge on any atom is -0.483 e. The Morgan fingerprint density at radius 2 is 1.65 bits per heavy atom. The van der Waals surface area contributed by atoms with E-state index in [1.165, 1.54) is 5.56 Å². The molecule has 0 saturated carbocycles. The van der Waals surface area contributed by atoms with Gasteiger partial charge in [0.15, 0.2) is 6.61 Å². The fourth-order valence-electron chi connectivity index (χ4n) is 3.91. The van der Waals surface area contributed by atoms with Crippen LogP contribution in [0.3, 0.4) is 0 Å². The van der Waals surface area contributed by atoms with E-state index in [1.54, 1.807) is 4.90 Å². The van der Waals surface area contributed by atoms with Gasteiger partial charge in [-0.1, -0.05) is 85.2 Å². The van der Waals surface area contributed by atoms with Crippen LogP contribution in [0.1, 0.15) is 37.5 Å². The zero-order valence-electron chi connectivity index (χ0n) is 21.5. The third-order valence-electron chi connectivity index (χ3n) is 5.95. The number of carbonyl (C=O) groups is 2. The predicted molar refractivity (Wildman–Crippen MR) is 155 cm³/mol. The lowest BCUT2D eigenvalue weighted by molar-refractivity contribution is -0.142. The van der Waals surface area contributed by atoms with Crippen molar-refractivity contribution in [1.29, 1.82) is 0 Å². The monoisotopic (exact) mass is 628 g/mol. The predicted octanol–water partition coefficient (Wildman–Crippen LogP) is 6.57. The molecule has 0 aliphatic heterocycles. The largest absolute Gasteiger partial charge is 0.483 e. The number of hydrogen-bond acceptors (Lipinski definition) is 3. The number of aryl methyl sites for hydroxylation is 1. The summed E-state index contributed by atoms with van der Waals surface area (Å²) in [5, 5.41) is 3.04. The summed E-state index contributed by atoms with van der Waals surface area (Å²) in [5.41, 5.74) is 3.08. The molecule has 0 aliphatic rings. The van der Waals surface area contributed by atoms with Crippen LogP contribution in [0, 0.1) is 5.92 Å². The maximum atomic E-state index is 13.7. The fourth-order valence-corrected chi connectivity index (χ4v) is 4.90. The van der Waals surface area contributed by atoms with Crippen molar-refractivity contribution in [2.75, 3.05) is 13.2 Å². The number of amides is 2. The van der Waals surface area contributed by atoms with E-state index in [4.69, 9.17) is 4.74 Å². The molecule has 3 aromatic rings. The van der Waals surface area contributed by atoms with Crippen LogP contribution in [0.25, 0.3) is 0 Å². The Labute approximate surface area is 236 Å². The first-order valence-electron chi connectivity index (χ1n) is 12.5. The van der Waals surface area contributed by atoms with Crippen molar-refractivity contribution in [2.45, 2.75) is 46.2 Å². The van der Waals surface area contributed by atoms with Crippen LogP contribution in [-0.2, 0) is 29.0 Å². The molecule has 196 valence electrons. The topological polar surface area (TPSA) is 58.6 Å². The van der Waals surface area contributed by atoms with Crippen molar-refractivity contribution >= 4 is 43.7 Å². The summed E-state index contributed by atoms with van der Waals surface area (Å²) in [5.74, 6) is 0.459. The third-order valence-corrected chi connectivity index (χ3v) is 7.07. The van der Waals surface area contributed by atoms with Crippen molar-refractivity contribution in [3.8, 4) is 5.75 Å². The van der Waals surface area contributed by atoms with Gasteiger partial charge in [0.1, 0.15) is 11.8 Å². The number of rotatable bonds is 12. The van der Waals surface area contributed by atoms with Gasteiger partial charge in [-0.25, -0.2) is 0 Å². The SMILES string of the molecule is CCc1ccc(OCC(=O)N(Cc2cccc(Br)c2)C(Cc2ccccc2)C(=O)NCC(C)C)c(Br)c1. The van der Waals surface area contributed by atoms with Gasteiger partial charge in [-0.15, -0.1) is 0 Å². The Hall–Kier alpha value is -2.64. The summed E-state index contributed by atoms with van der Waals surface area (Å²) in [6.45, 7) is 6.82. The van der Waals surface area contributed by atoms with Gasteiger partial charge < -0.3 is 15.0 Å².